The molecule has 4 rings (SSSR count). The van der Waals surface area contributed by atoms with Gasteiger partial charge in [0.15, 0.2) is 0 Å². The predicted molar refractivity (Wildman–Crippen MR) is 68.1 cm³/mol. The predicted octanol–water partition coefficient (Wildman–Crippen LogP) is 4.09. The molecule has 2 nitrogen and oxygen atoms in total. The van der Waals surface area contributed by atoms with Crippen LogP contribution in [0.4, 0.5) is 0 Å². The van der Waals surface area contributed by atoms with Crippen molar-refractivity contribution in [2.24, 2.45) is 0 Å². The van der Waals surface area contributed by atoms with Crippen molar-refractivity contribution in [2.75, 3.05) is 0 Å². The Morgan fingerprint density at radius 3 is 2.65 bits per heavy atom. The second-order valence-corrected chi connectivity index (χ2v) is 4.10. The fraction of sp³-hybridized carbons (Fsp3) is 0. The van der Waals surface area contributed by atoms with Crippen LogP contribution in [-0.2, 0) is 0 Å². The van der Waals surface area contributed by atoms with Crippen molar-refractivity contribution in [1.82, 2.24) is 4.98 Å². The minimum atomic E-state index is 0.729. The first-order chi connectivity index (χ1) is 8.43. The average Bonchev–Trinajstić information content (AvgIpc) is 2.77. The smallest absolute Gasteiger partial charge is 0.228 e. The van der Waals surface area contributed by atoms with Crippen molar-refractivity contribution in [3.05, 3.63) is 54.6 Å². The highest BCUT2D eigenvalue weighted by molar-refractivity contribution is 6.12. The van der Waals surface area contributed by atoms with Crippen LogP contribution in [-0.4, -0.2) is 4.98 Å². The van der Waals surface area contributed by atoms with Crippen LogP contribution in [0, 0.1) is 0 Å². The van der Waals surface area contributed by atoms with E-state index in [9.17, 15) is 0 Å². The molecule has 17 heavy (non-hydrogen) atoms. The molecule has 0 unspecified atom stereocenters. The Bertz CT molecular complexity index is 800. The van der Waals surface area contributed by atoms with E-state index < -0.39 is 0 Å². The van der Waals surface area contributed by atoms with Crippen LogP contribution in [0.15, 0.2) is 59.0 Å². The molecule has 2 aliphatic rings. The van der Waals surface area contributed by atoms with E-state index in [1.165, 1.54) is 0 Å². The molecular weight excluding hydrogens is 210 g/mol. The SMILES string of the molecule is c1ccc2nc3oc4ccccc4c3c-2cc1. The van der Waals surface area contributed by atoms with Gasteiger partial charge in [-0.05, 0) is 12.1 Å². The van der Waals surface area contributed by atoms with Gasteiger partial charge < -0.3 is 4.42 Å². The molecule has 1 aromatic carbocycles. The molecule has 0 atom stereocenters. The third kappa shape index (κ3) is 1.12. The number of hydrogen-bond donors (Lipinski definition) is 0. The first-order valence-corrected chi connectivity index (χ1v) is 5.59. The summed E-state index contributed by atoms with van der Waals surface area (Å²) in [5, 5.41) is 2.25. The molecule has 0 N–H and O–H groups in total. The monoisotopic (exact) mass is 219 g/mol. The number of rotatable bonds is 0. The lowest BCUT2D eigenvalue weighted by atomic mass is 10.1. The minimum Gasteiger partial charge on any atom is -0.438 e. The highest BCUT2D eigenvalue weighted by atomic mass is 16.3. The maximum Gasteiger partial charge on any atom is 0.228 e. The fourth-order valence-electron chi connectivity index (χ4n) is 2.33. The van der Waals surface area contributed by atoms with Gasteiger partial charge in [-0.2, -0.15) is 0 Å². The highest BCUT2D eigenvalue weighted by Crippen LogP contribution is 2.37. The Kier molecular flexibility index (Phi) is 1.59. The fourth-order valence-corrected chi connectivity index (χ4v) is 2.33. The van der Waals surface area contributed by atoms with Crippen LogP contribution in [0.5, 0.6) is 0 Å². The van der Waals surface area contributed by atoms with Gasteiger partial charge in [0.25, 0.3) is 0 Å². The lowest BCUT2D eigenvalue weighted by molar-refractivity contribution is 0.656. The summed E-state index contributed by atoms with van der Waals surface area (Å²) in [6, 6.07) is 18.2. The number of fused-ring (bicyclic) bond motifs is 5. The quantitative estimate of drug-likeness (QED) is 0.445. The van der Waals surface area contributed by atoms with Crippen molar-refractivity contribution in [2.45, 2.75) is 0 Å². The largest absolute Gasteiger partial charge is 0.438 e. The Balaban J connectivity index is 2.30. The number of benzene rings is 1. The molecule has 2 heteroatoms. The standard InChI is InChI=1S/C15H9NO/c1-2-6-10-12(8-3-1)16-15-14(10)11-7-4-5-9-13(11)17-15/h1-9H. The van der Waals surface area contributed by atoms with E-state index in [1.807, 2.05) is 42.5 Å². The molecular formula is C15H9NO. The van der Waals surface area contributed by atoms with Gasteiger partial charge in [-0.3, -0.25) is 0 Å². The lowest BCUT2D eigenvalue weighted by Crippen LogP contribution is -1.70. The Morgan fingerprint density at radius 2 is 1.65 bits per heavy atom. The molecule has 2 heterocycles. The van der Waals surface area contributed by atoms with Crippen molar-refractivity contribution >= 4 is 22.1 Å². The van der Waals surface area contributed by atoms with Gasteiger partial charge in [0.2, 0.25) is 5.71 Å². The first-order valence-electron chi connectivity index (χ1n) is 5.59. The van der Waals surface area contributed by atoms with E-state index in [0.29, 0.717) is 0 Å². The zero-order valence-corrected chi connectivity index (χ0v) is 9.05. The number of furan rings is 1. The zero-order chi connectivity index (χ0) is 11.2. The summed E-state index contributed by atoms with van der Waals surface area (Å²) in [6.07, 6.45) is 0. The van der Waals surface area contributed by atoms with Crippen molar-refractivity contribution < 1.29 is 4.42 Å². The molecule has 0 saturated heterocycles. The molecule has 0 radical (unpaired) electrons. The van der Waals surface area contributed by atoms with Crippen LogP contribution in [0.1, 0.15) is 0 Å². The summed E-state index contributed by atoms with van der Waals surface area (Å²) in [5.41, 5.74) is 3.76. The van der Waals surface area contributed by atoms with E-state index in [-0.39, 0.29) is 0 Å². The third-order valence-corrected chi connectivity index (χ3v) is 3.08. The van der Waals surface area contributed by atoms with Crippen molar-refractivity contribution in [1.29, 1.82) is 0 Å². The summed E-state index contributed by atoms with van der Waals surface area (Å²) in [4.78, 5) is 4.53. The second-order valence-electron chi connectivity index (χ2n) is 4.10. The van der Waals surface area contributed by atoms with Gasteiger partial charge in [0.1, 0.15) is 5.58 Å². The Morgan fingerprint density at radius 1 is 0.824 bits per heavy atom. The van der Waals surface area contributed by atoms with E-state index >= 15 is 0 Å². The van der Waals surface area contributed by atoms with E-state index in [2.05, 4.69) is 17.1 Å². The van der Waals surface area contributed by atoms with Gasteiger partial charge in [0, 0.05) is 10.9 Å². The van der Waals surface area contributed by atoms with Crippen LogP contribution < -0.4 is 0 Å². The Hall–Kier alpha value is -2.35. The summed E-state index contributed by atoms with van der Waals surface area (Å²) in [7, 11) is 0. The van der Waals surface area contributed by atoms with Crippen LogP contribution in [0.3, 0.4) is 0 Å². The van der Waals surface area contributed by atoms with Crippen LogP contribution in [0.25, 0.3) is 33.3 Å². The molecule has 0 bridgehead atoms. The topological polar surface area (TPSA) is 26.0 Å². The second kappa shape index (κ2) is 3.08. The maximum absolute atomic E-state index is 5.76. The van der Waals surface area contributed by atoms with E-state index in [1.54, 1.807) is 0 Å². The summed E-state index contributed by atoms with van der Waals surface area (Å²) >= 11 is 0. The maximum atomic E-state index is 5.76. The average molecular weight is 219 g/mol. The Labute approximate surface area is 97.8 Å². The molecule has 1 aliphatic carbocycles. The molecule has 0 saturated carbocycles. The molecule has 0 spiro atoms. The molecule has 80 valence electrons. The van der Waals surface area contributed by atoms with Crippen molar-refractivity contribution in [3.63, 3.8) is 0 Å². The summed E-state index contributed by atoms with van der Waals surface area (Å²) in [6.45, 7) is 0. The molecule has 0 fully saturated rings. The molecule has 0 amide bonds. The normalized spacial score (nSPS) is 11.5. The third-order valence-electron chi connectivity index (χ3n) is 3.08. The zero-order valence-electron chi connectivity index (χ0n) is 9.05. The molecule has 1 aromatic heterocycles. The van der Waals surface area contributed by atoms with Crippen LogP contribution >= 0.6 is 0 Å². The number of para-hydroxylation sites is 1. The number of hydrogen-bond acceptors (Lipinski definition) is 2. The minimum absolute atomic E-state index is 0.729. The number of aromatic nitrogens is 1. The highest BCUT2D eigenvalue weighted by Gasteiger charge is 2.16. The lowest BCUT2D eigenvalue weighted by Gasteiger charge is -1.91. The van der Waals surface area contributed by atoms with E-state index in [0.717, 1.165) is 33.3 Å². The summed E-state index contributed by atoms with van der Waals surface area (Å²) < 4.78 is 5.76. The molecule has 1 aliphatic heterocycles. The van der Waals surface area contributed by atoms with Gasteiger partial charge in [-0.15, -0.1) is 0 Å². The first kappa shape index (κ1) is 8.76. The summed E-state index contributed by atoms with van der Waals surface area (Å²) in [5.74, 6) is 0. The van der Waals surface area contributed by atoms with E-state index in [4.69, 9.17) is 4.42 Å². The van der Waals surface area contributed by atoms with Gasteiger partial charge in [0.05, 0.1) is 11.1 Å². The van der Waals surface area contributed by atoms with Gasteiger partial charge in [-0.1, -0.05) is 42.5 Å². The van der Waals surface area contributed by atoms with Crippen LogP contribution in [0.2, 0.25) is 0 Å². The van der Waals surface area contributed by atoms with Crippen molar-refractivity contribution in [3.8, 4) is 11.3 Å². The van der Waals surface area contributed by atoms with Gasteiger partial charge in [-0.25, -0.2) is 4.98 Å². The van der Waals surface area contributed by atoms with Gasteiger partial charge >= 0.3 is 0 Å². The number of nitrogens with zero attached hydrogens (tertiary/aromatic N) is 1. The molecule has 2 aromatic rings.